The molecule has 0 aliphatic heterocycles. The lowest BCUT2D eigenvalue weighted by molar-refractivity contribution is -0.137. The summed E-state index contributed by atoms with van der Waals surface area (Å²) >= 11 is 0. The molecule has 0 unspecified atom stereocenters. The van der Waals surface area contributed by atoms with Crippen LogP contribution in [0.3, 0.4) is 0 Å². The van der Waals surface area contributed by atoms with Crippen LogP contribution in [0.25, 0.3) is 5.69 Å². The maximum Gasteiger partial charge on any atom is 0.416 e. The van der Waals surface area contributed by atoms with Gasteiger partial charge in [-0.15, -0.1) is 0 Å². The molecule has 1 aromatic carbocycles. The van der Waals surface area contributed by atoms with Crippen LogP contribution in [-0.4, -0.2) is 16.2 Å². The summed E-state index contributed by atoms with van der Waals surface area (Å²) in [5.41, 5.74) is -0.425. The van der Waals surface area contributed by atoms with Crippen LogP contribution >= 0.6 is 0 Å². The predicted molar refractivity (Wildman–Crippen MR) is 58.3 cm³/mol. The monoisotopic (exact) mass is 255 g/mol. The van der Waals surface area contributed by atoms with Crippen molar-refractivity contribution in [1.29, 1.82) is 0 Å². The van der Waals surface area contributed by atoms with Crippen LogP contribution in [0.2, 0.25) is 0 Å². The smallest absolute Gasteiger partial charge is 0.327 e. The molecule has 1 aromatic heterocycles. The van der Waals surface area contributed by atoms with Crippen molar-refractivity contribution in [3.8, 4) is 5.69 Å². The first-order valence-electron chi connectivity index (χ1n) is 4.94. The number of halogens is 3. The van der Waals surface area contributed by atoms with Crippen molar-refractivity contribution in [3.63, 3.8) is 0 Å². The maximum atomic E-state index is 12.5. The van der Waals surface area contributed by atoms with Crippen molar-refractivity contribution >= 4 is 12.1 Å². The van der Waals surface area contributed by atoms with E-state index in [1.807, 2.05) is 0 Å². The average Bonchev–Trinajstić information content (AvgIpc) is 2.81. The second-order valence-corrected chi connectivity index (χ2v) is 3.44. The van der Waals surface area contributed by atoms with Gasteiger partial charge in [0.2, 0.25) is 6.41 Å². The Morgan fingerprint density at radius 1 is 1.33 bits per heavy atom. The molecule has 94 valence electrons. The molecule has 0 bridgehead atoms. The van der Waals surface area contributed by atoms with E-state index in [2.05, 4.69) is 10.4 Å². The lowest BCUT2D eigenvalue weighted by atomic mass is 10.1. The van der Waals surface area contributed by atoms with Crippen molar-refractivity contribution in [2.24, 2.45) is 0 Å². The van der Waals surface area contributed by atoms with Gasteiger partial charge in [0.1, 0.15) is 0 Å². The molecular formula is C11H8F3N3O. The second-order valence-electron chi connectivity index (χ2n) is 3.44. The topological polar surface area (TPSA) is 46.9 Å². The highest BCUT2D eigenvalue weighted by Gasteiger charge is 2.31. The number of aromatic nitrogens is 2. The van der Waals surface area contributed by atoms with Gasteiger partial charge in [0.05, 0.1) is 16.9 Å². The zero-order chi connectivity index (χ0) is 13.2. The fourth-order valence-corrected chi connectivity index (χ4v) is 1.50. The molecule has 2 aromatic rings. The minimum Gasteiger partial charge on any atom is -0.327 e. The number of alkyl halides is 3. The maximum absolute atomic E-state index is 12.5. The molecule has 0 radical (unpaired) electrons. The van der Waals surface area contributed by atoms with Crippen LogP contribution in [0.4, 0.5) is 18.9 Å². The summed E-state index contributed by atoms with van der Waals surface area (Å²) in [5, 5.41) is 6.14. The van der Waals surface area contributed by atoms with E-state index in [0.29, 0.717) is 12.1 Å². The van der Waals surface area contributed by atoms with Crippen LogP contribution in [0.5, 0.6) is 0 Å². The Hall–Kier alpha value is -2.31. The fraction of sp³-hybridized carbons (Fsp3) is 0.0909. The largest absolute Gasteiger partial charge is 0.416 e. The first-order chi connectivity index (χ1) is 8.52. The highest BCUT2D eigenvalue weighted by Crippen LogP contribution is 2.33. The van der Waals surface area contributed by atoms with Crippen LogP contribution < -0.4 is 5.32 Å². The van der Waals surface area contributed by atoms with Crippen LogP contribution in [0.15, 0.2) is 36.7 Å². The molecule has 0 aliphatic rings. The zero-order valence-electron chi connectivity index (χ0n) is 8.98. The SMILES string of the molecule is O=CNc1cc(C(F)(F)F)ccc1-n1cccn1. The third kappa shape index (κ3) is 2.34. The summed E-state index contributed by atoms with van der Waals surface area (Å²) in [6, 6.07) is 4.68. The Balaban J connectivity index is 2.51. The van der Waals surface area contributed by atoms with E-state index in [-0.39, 0.29) is 5.69 Å². The number of amides is 1. The number of nitrogens with one attached hydrogen (secondary N) is 1. The number of hydrogen-bond donors (Lipinski definition) is 1. The number of nitrogens with zero attached hydrogens (tertiary/aromatic N) is 2. The van der Waals surface area contributed by atoms with Gasteiger partial charge in [-0.1, -0.05) is 0 Å². The number of benzene rings is 1. The predicted octanol–water partition coefficient (Wildman–Crippen LogP) is 2.46. The van der Waals surface area contributed by atoms with Crippen molar-refractivity contribution < 1.29 is 18.0 Å². The Labute approximate surface area is 100 Å². The molecule has 0 saturated heterocycles. The molecule has 2 rings (SSSR count). The first-order valence-corrected chi connectivity index (χ1v) is 4.94. The molecule has 0 aliphatic carbocycles. The van der Waals surface area contributed by atoms with E-state index in [0.717, 1.165) is 12.1 Å². The summed E-state index contributed by atoms with van der Waals surface area (Å²) in [4.78, 5) is 10.4. The first kappa shape index (κ1) is 12.2. The van der Waals surface area contributed by atoms with Crippen molar-refractivity contribution in [2.45, 2.75) is 6.18 Å². The lowest BCUT2D eigenvalue weighted by Gasteiger charge is -2.12. The summed E-state index contributed by atoms with van der Waals surface area (Å²) in [7, 11) is 0. The molecule has 1 amide bonds. The van der Waals surface area contributed by atoms with Crippen LogP contribution in [0, 0.1) is 0 Å². The normalized spacial score (nSPS) is 11.3. The van der Waals surface area contributed by atoms with Crippen LogP contribution in [-0.2, 0) is 11.0 Å². The standard InChI is InChI=1S/C11H8F3N3O/c12-11(13,14)8-2-3-10(9(6-8)15-7-18)17-5-1-4-16-17/h1-7H,(H,15,18). The number of anilines is 1. The van der Waals surface area contributed by atoms with E-state index in [1.54, 1.807) is 12.3 Å². The molecule has 1 heterocycles. The van der Waals surface area contributed by atoms with Crippen molar-refractivity contribution in [3.05, 3.63) is 42.2 Å². The van der Waals surface area contributed by atoms with E-state index >= 15 is 0 Å². The van der Waals surface area contributed by atoms with E-state index < -0.39 is 11.7 Å². The van der Waals surface area contributed by atoms with Gasteiger partial charge in [0.15, 0.2) is 0 Å². The minimum absolute atomic E-state index is 0.0449. The molecule has 18 heavy (non-hydrogen) atoms. The minimum atomic E-state index is -4.46. The summed E-state index contributed by atoms with van der Waals surface area (Å²) < 4.78 is 39.0. The summed E-state index contributed by atoms with van der Waals surface area (Å²) in [6.07, 6.45) is -1.08. The third-order valence-corrected chi connectivity index (χ3v) is 2.29. The Morgan fingerprint density at radius 3 is 2.67 bits per heavy atom. The second kappa shape index (κ2) is 4.52. The number of hydrogen-bond acceptors (Lipinski definition) is 2. The quantitative estimate of drug-likeness (QED) is 0.856. The highest BCUT2D eigenvalue weighted by molar-refractivity contribution is 5.77. The lowest BCUT2D eigenvalue weighted by Crippen LogP contribution is -2.09. The van der Waals surface area contributed by atoms with Gasteiger partial charge in [-0.3, -0.25) is 4.79 Å². The average molecular weight is 255 g/mol. The summed E-state index contributed by atoms with van der Waals surface area (Å²) in [6.45, 7) is 0. The van der Waals surface area contributed by atoms with Gasteiger partial charge in [-0.25, -0.2) is 4.68 Å². The van der Waals surface area contributed by atoms with Gasteiger partial charge >= 0.3 is 6.18 Å². The molecule has 0 atom stereocenters. The van der Waals surface area contributed by atoms with E-state index in [4.69, 9.17) is 0 Å². The van der Waals surface area contributed by atoms with Gasteiger partial charge in [-0.05, 0) is 24.3 Å². The Kier molecular flexibility index (Phi) is 3.05. The van der Waals surface area contributed by atoms with Gasteiger partial charge in [-0.2, -0.15) is 18.3 Å². The number of carbonyl (C=O) groups is 1. The van der Waals surface area contributed by atoms with E-state index in [9.17, 15) is 18.0 Å². The van der Waals surface area contributed by atoms with Crippen molar-refractivity contribution in [2.75, 3.05) is 5.32 Å². The van der Waals surface area contributed by atoms with Crippen LogP contribution in [0.1, 0.15) is 5.56 Å². The van der Waals surface area contributed by atoms with E-state index in [1.165, 1.54) is 16.9 Å². The number of carbonyl (C=O) groups excluding carboxylic acids is 1. The third-order valence-electron chi connectivity index (χ3n) is 2.29. The molecule has 0 spiro atoms. The van der Waals surface area contributed by atoms with Gasteiger partial charge in [0, 0.05) is 12.4 Å². The molecule has 0 fully saturated rings. The summed E-state index contributed by atoms with van der Waals surface area (Å²) in [5.74, 6) is 0. The van der Waals surface area contributed by atoms with Gasteiger partial charge < -0.3 is 5.32 Å². The molecule has 7 heteroatoms. The Bertz CT molecular complexity index is 549. The number of rotatable bonds is 3. The highest BCUT2D eigenvalue weighted by atomic mass is 19.4. The van der Waals surface area contributed by atoms with Gasteiger partial charge in [0.25, 0.3) is 0 Å². The molecular weight excluding hydrogens is 247 g/mol. The molecule has 1 N–H and O–H groups in total. The molecule has 0 saturated carbocycles. The fourth-order valence-electron chi connectivity index (χ4n) is 1.50. The Morgan fingerprint density at radius 2 is 2.11 bits per heavy atom. The zero-order valence-corrected chi connectivity index (χ0v) is 8.98. The molecule has 4 nitrogen and oxygen atoms in total. The van der Waals surface area contributed by atoms with Crippen molar-refractivity contribution in [1.82, 2.24) is 9.78 Å².